The van der Waals surface area contributed by atoms with Crippen molar-refractivity contribution in [3.63, 3.8) is 0 Å². The van der Waals surface area contributed by atoms with Gasteiger partial charge in [-0.05, 0) is 86.3 Å². The largest absolute Gasteiger partial charge is 0.308 e. The van der Waals surface area contributed by atoms with Gasteiger partial charge in [0.15, 0.2) is 0 Å². The molecule has 56 heavy (non-hydrogen) atoms. The Morgan fingerprint density at radius 3 is 1.57 bits per heavy atom. The van der Waals surface area contributed by atoms with Crippen LogP contribution in [0.2, 0.25) is 0 Å². The van der Waals surface area contributed by atoms with Crippen LogP contribution in [-0.4, -0.2) is 4.57 Å². The number of benzene rings is 10. The summed E-state index contributed by atoms with van der Waals surface area (Å²) in [7, 11) is 0. The van der Waals surface area contributed by atoms with Crippen molar-refractivity contribution in [3.05, 3.63) is 218 Å². The van der Waals surface area contributed by atoms with E-state index in [1.54, 1.807) is 0 Å². The molecule has 1 aromatic heterocycles. The van der Waals surface area contributed by atoms with Gasteiger partial charge in [-0.1, -0.05) is 176 Å². The average Bonchev–Trinajstić information content (AvgIpc) is 3.64. The topological polar surface area (TPSA) is 8.17 Å². The van der Waals surface area contributed by atoms with Crippen molar-refractivity contribution in [2.24, 2.45) is 0 Å². The van der Waals surface area contributed by atoms with E-state index in [1.807, 2.05) is 0 Å². The number of hydrogen-bond donors (Lipinski definition) is 0. The predicted molar refractivity (Wildman–Crippen MR) is 239 cm³/mol. The summed E-state index contributed by atoms with van der Waals surface area (Å²) in [5.74, 6) is 0. The fraction of sp³-hybridized carbons (Fsp3) is 0. The minimum Gasteiger partial charge on any atom is -0.308 e. The molecule has 2 heteroatoms. The van der Waals surface area contributed by atoms with Gasteiger partial charge in [-0.2, -0.15) is 0 Å². The van der Waals surface area contributed by atoms with Crippen molar-refractivity contribution in [2.45, 2.75) is 0 Å². The van der Waals surface area contributed by atoms with Gasteiger partial charge in [-0.3, -0.25) is 0 Å². The molecule has 1 heterocycles. The van der Waals surface area contributed by atoms with Gasteiger partial charge in [0.25, 0.3) is 0 Å². The number of hydrogen-bond acceptors (Lipinski definition) is 1. The molecule has 0 unspecified atom stereocenters. The van der Waals surface area contributed by atoms with Gasteiger partial charge in [0.1, 0.15) is 0 Å². The third kappa shape index (κ3) is 5.11. The molecule has 0 aliphatic carbocycles. The smallest absolute Gasteiger partial charge is 0.0782 e. The first-order valence-electron chi connectivity index (χ1n) is 19.3. The van der Waals surface area contributed by atoms with Crippen LogP contribution in [0.15, 0.2) is 218 Å². The molecular formula is C54H36N2. The zero-order valence-corrected chi connectivity index (χ0v) is 30.7. The van der Waals surface area contributed by atoms with Gasteiger partial charge < -0.3 is 9.47 Å². The first-order valence-corrected chi connectivity index (χ1v) is 19.3. The second-order valence-corrected chi connectivity index (χ2v) is 14.5. The summed E-state index contributed by atoms with van der Waals surface area (Å²) >= 11 is 0. The molecule has 0 bridgehead atoms. The summed E-state index contributed by atoms with van der Waals surface area (Å²) in [4.78, 5) is 2.49. The molecule has 0 saturated carbocycles. The van der Waals surface area contributed by atoms with Gasteiger partial charge in [0.05, 0.1) is 22.4 Å². The number of nitrogens with zero attached hydrogens (tertiary/aromatic N) is 2. The number of para-hydroxylation sites is 2. The summed E-state index contributed by atoms with van der Waals surface area (Å²) in [6.45, 7) is 0. The van der Waals surface area contributed by atoms with Crippen molar-refractivity contribution < 1.29 is 0 Å². The number of anilines is 3. The monoisotopic (exact) mass is 712 g/mol. The van der Waals surface area contributed by atoms with Crippen molar-refractivity contribution in [3.8, 4) is 27.9 Å². The minimum absolute atomic E-state index is 1.09. The first-order chi connectivity index (χ1) is 27.8. The zero-order chi connectivity index (χ0) is 37.0. The number of fused-ring (bicyclic) bond motifs is 8. The maximum Gasteiger partial charge on any atom is 0.0782 e. The van der Waals surface area contributed by atoms with Crippen LogP contribution in [0, 0.1) is 0 Å². The maximum atomic E-state index is 2.52. The molecule has 0 aliphatic rings. The molecule has 2 nitrogen and oxygen atoms in total. The fourth-order valence-electron chi connectivity index (χ4n) is 8.84. The van der Waals surface area contributed by atoms with E-state index in [-0.39, 0.29) is 0 Å². The van der Waals surface area contributed by atoms with Crippen LogP contribution < -0.4 is 4.90 Å². The van der Waals surface area contributed by atoms with E-state index in [4.69, 9.17) is 0 Å². The van der Waals surface area contributed by atoms with Crippen molar-refractivity contribution in [1.82, 2.24) is 4.57 Å². The van der Waals surface area contributed by atoms with Crippen LogP contribution >= 0.6 is 0 Å². The number of rotatable bonds is 6. The van der Waals surface area contributed by atoms with Gasteiger partial charge in [0, 0.05) is 32.9 Å². The highest BCUT2D eigenvalue weighted by molar-refractivity contribution is 6.26. The highest BCUT2D eigenvalue weighted by Crippen LogP contribution is 2.49. The van der Waals surface area contributed by atoms with E-state index < -0.39 is 0 Å². The van der Waals surface area contributed by atoms with Crippen molar-refractivity contribution in [1.29, 1.82) is 0 Å². The summed E-state index contributed by atoms with van der Waals surface area (Å²) in [6, 6.07) is 79.5. The molecule has 0 amide bonds. The first kappa shape index (κ1) is 32.0. The Bertz CT molecular complexity index is 3220. The quantitative estimate of drug-likeness (QED) is 0.156. The summed E-state index contributed by atoms with van der Waals surface area (Å²) in [5, 5.41) is 9.80. The minimum atomic E-state index is 1.09. The third-order valence-corrected chi connectivity index (χ3v) is 11.3. The normalized spacial score (nSPS) is 11.6. The van der Waals surface area contributed by atoms with Crippen molar-refractivity contribution in [2.75, 3.05) is 4.90 Å². The maximum absolute atomic E-state index is 2.52. The zero-order valence-electron chi connectivity index (χ0n) is 30.7. The summed E-state index contributed by atoms with van der Waals surface area (Å²) in [5.41, 5.74) is 11.6. The fourth-order valence-corrected chi connectivity index (χ4v) is 8.84. The molecule has 11 aromatic rings. The lowest BCUT2D eigenvalue weighted by atomic mass is 9.95. The van der Waals surface area contributed by atoms with Crippen LogP contribution in [0.3, 0.4) is 0 Å². The summed E-state index contributed by atoms with van der Waals surface area (Å²) < 4.78 is 2.52. The van der Waals surface area contributed by atoms with E-state index in [0.717, 1.165) is 28.3 Å². The van der Waals surface area contributed by atoms with E-state index in [1.165, 1.54) is 70.9 Å². The highest BCUT2D eigenvalue weighted by Gasteiger charge is 2.26. The van der Waals surface area contributed by atoms with Gasteiger partial charge in [-0.25, -0.2) is 0 Å². The number of aromatic nitrogens is 1. The Morgan fingerprint density at radius 1 is 0.321 bits per heavy atom. The molecule has 0 fully saturated rings. The Kier molecular flexibility index (Phi) is 7.53. The molecule has 11 rings (SSSR count). The van der Waals surface area contributed by atoms with Gasteiger partial charge in [-0.15, -0.1) is 0 Å². The van der Waals surface area contributed by atoms with Crippen LogP contribution in [0.1, 0.15) is 0 Å². The molecule has 262 valence electrons. The Hall–Kier alpha value is -7.42. The van der Waals surface area contributed by atoms with Gasteiger partial charge in [0.2, 0.25) is 0 Å². The summed E-state index contributed by atoms with van der Waals surface area (Å²) in [6.07, 6.45) is 0. The standard InChI is InChI=1S/C54H36N2/c1-4-17-37(18-5-1)38-31-33-43(34-32-38)55(51-36-41-22-10-12-25-44(41)46-27-14-15-28-47(46)51)50-30-16-29-48-52-49(39-19-6-2-7-20-39)35-40-21-11-13-26-45(40)54(52)56(53(48)50)42-23-8-3-9-24-42/h1-36H. The third-order valence-electron chi connectivity index (χ3n) is 11.3. The molecule has 0 saturated heterocycles. The molecule has 0 spiro atoms. The molecular weight excluding hydrogens is 677 g/mol. The SMILES string of the molecule is c1ccc(-c2ccc(N(c3cc4ccccc4c4ccccc34)c3cccc4c5c(-c6ccccc6)cc6ccccc6c5n(-c5ccccc5)c34)cc2)cc1. The highest BCUT2D eigenvalue weighted by atomic mass is 15.2. The van der Waals surface area contributed by atoms with Crippen molar-refractivity contribution >= 4 is 71.2 Å². The van der Waals surface area contributed by atoms with E-state index in [2.05, 4.69) is 228 Å². The Labute approximate surface area is 325 Å². The molecule has 10 aromatic carbocycles. The van der Waals surface area contributed by atoms with E-state index in [0.29, 0.717) is 0 Å². The van der Waals surface area contributed by atoms with E-state index >= 15 is 0 Å². The molecule has 0 N–H and O–H groups in total. The average molecular weight is 713 g/mol. The van der Waals surface area contributed by atoms with Crippen LogP contribution in [0.5, 0.6) is 0 Å². The second kappa shape index (κ2) is 13.2. The Balaban J connectivity index is 1.31. The molecule has 0 aliphatic heterocycles. The van der Waals surface area contributed by atoms with E-state index in [9.17, 15) is 0 Å². The Morgan fingerprint density at radius 2 is 0.857 bits per heavy atom. The van der Waals surface area contributed by atoms with Crippen LogP contribution in [0.4, 0.5) is 17.1 Å². The molecule has 0 radical (unpaired) electrons. The lowest BCUT2D eigenvalue weighted by Crippen LogP contribution is -2.12. The second-order valence-electron chi connectivity index (χ2n) is 14.5. The lowest BCUT2D eigenvalue weighted by molar-refractivity contribution is 1.17. The lowest BCUT2D eigenvalue weighted by Gasteiger charge is -2.29. The van der Waals surface area contributed by atoms with Gasteiger partial charge >= 0.3 is 0 Å². The van der Waals surface area contributed by atoms with Crippen LogP contribution in [0.25, 0.3) is 82.1 Å². The predicted octanol–water partition coefficient (Wildman–Crippen LogP) is 15.0. The molecule has 0 atom stereocenters. The van der Waals surface area contributed by atoms with Crippen LogP contribution in [-0.2, 0) is 0 Å².